The van der Waals surface area contributed by atoms with Gasteiger partial charge in [0.05, 0.1) is 6.54 Å². The first kappa shape index (κ1) is 16.2. The van der Waals surface area contributed by atoms with E-state index in [1.54, 1.807) is 4.90 Å². The van der Waals surface area contributed by atoms with Crippen LogP contribution in [0.5, 0.6) is 0 Å². The van der Waals surface area contributed by atoms with Gasteiger partial charge < -0.3 is 15.5 Å². The fourth-order valence-corrected chi connectivity index (χ4v) is 2.61. The maximum absolute atomic E-state index is 11.9. The predicted molar refractivity (Wildman–Crippen MR) is 76.3 cm³/mol. The van der Waals surface area contributed by atoms with E-state index in [0.717, 1.165) is 51.7 Å². The second-order valence-corrected chi connectivity index (χ2v) is 5.24. The van der Waals surface area contributed by atoms with Gasteiger partial charge in [0.1, 0.15) is 0 Å². The number of nitrogens with one attached hydrogen (secondary N) is 2. The molecule has 1 atom stereocenters. The molecule has 0 spiro atoms. The van der Waals surface area contributed by atoms with Crippen LogP contribution in [-0.4, -0.2) is 48.9 Å². The third-order valence-corrected chi connectivity index (χ3v) is 3.68. The van der Waals surface area contributed by atoms with Crippen LogP contribution in [0.2, 0.25) is 0 Å². The highest BCUT2D eigenvalue weighted by Crippen LogP contribution is 2.11. The molecule has 2 saturated heterocycles. The van der Waals surface area contributed by atoms with Crippen LogP contribution in [0.25, 0.3) is 0 Å². The molecule has 0 radical (unpaired) electrons. The number of hydrogen-bond donors (Lipinski definition) is 2. The lowest BCUT2D eigenvalue weighted by Gasteiger charge is -2.25. The molecule has 0 bridgehead atoms. The van der Waals surface area contributed by atoms with E-state index in [2.05, 4.69) is 10.6 Å². The normalized spacial score (nSPS) is 24.3. The molecule has 0 saturated carbocycles. The summed E-state index contributed by atoms with van der Waals surface area (Å²) < 4.78 is 0. The summed E-state index contributed by atoms with van der Waals surface area (Å²) in [7, 11) is 0. The van der Waals surface area contributed by atoms with E-state index in [0.29, 0.717) is 6.42 Å². The first-order valence-corrected chi connectivity index (χ1v) is 7.03. The Morgan fingerprint density at radius 1 is 1.32 bits per heavy atom. The van der Waals surface area contributed by atoms with Crippen LogP contribution in [0.15, 0.2) is 0 Å². The Bertz CT molecular complexity index is 306. The number of amides is 2. The maximum atomic E-state index is 11.9. The first-order chi connectivity index (χ1) is 8.75. The molecule has 2 N–H and O–H groups in total. The Kier molecular flexibility index (Phi) is 7.16. The van der Waals surface area contributed by atoms with Gasteiger partial charge in [0.25, 0.3) is 0 Å². The molecule has 2 amide bonds. The largest absolute Gasteiger partial charge is 0.351 e. The summed E-state index contributed by atoms with van der Waals surface area (Å²) in [5, 5.41) is 6.20. The Labute approximate surface area is 120 Å². The molecule has 2 heterocycles. The fourth-order valence-electron chi connectivity index (χ4n) is 2.61. The molecule has 2 aliphatic heterocycles. The number of halogens is 1. The quantitative estimate of drug-likeness (QED) is 0.803. The minimum atomic E-state index is -0.0161. The van der Waals surface area contributed by atoms with Crippen molar-refractivity contribution in [3.8, 4) is 0 Å². The summed E-state index contributed by atoms with van der Waals surface area (Å²) in [6.07, 6.45) is 5.86. The second-order valence-electron chi connectivity index (χ2n) is 5.24. The van der Waals surface area contributed by atoms with Gasteiger partial charge in [0.2, 0.25) is 11.8 Å². The van der Waals surface area contributed by atoms with Crippen LogP contribution in [0.4, 0.5) is 0 Å². The van der Waals surface area contributed by atoms with Crippen LogP contribution in [0.3, 0.4) is 0 Å². The van der Waals surface area contributed by atoms with Crippen LogP contribution < -0.4 is 10.6 Å². The van der Waals surface area contributed by atoms with E-state index < -0.39 is 0 Å². The molecule has 5 nitrogen and oxygen atoms in total. The summed E-state index contributed by atoms with van der Waals surface area (Å²) in [5.41, 5.74) is 0. The van der Waals surface area contributed by atoms with Crippen molar-refractivity contribution in [3.63, 3.8) is 0 Å². The number of carbonyl (C=O) groups is 2. The Morgan fingerprint density at radius 2 is 2.11 bits per heavy atom. The van der Waals surface area contributed by atoms with Crippen molar-refractivity contribution in [2.24, 2.45) is 0 Å². The molecule has 110 valence electrons. The third-order valence-electron chi connectivity index (χ3n) is 3.68. The van der Waals surface area contributed by atoms with Crippen molar-refractivity contribution < 1.29 is 9.59 Å². The van der Waals surface area contributed by atoms with Gasteiger partial charge in [0, 0.05) is 25.6 Å². The molecular weight excluding hydrogens is 266 g/mol. The molecule has 2 fully saturated rings. The van der Waals surface area contributed by atoms with Gasteiger partial charge >= 0.3 is 0 Å². The van der Waals surface area contributed by atoms with Gasteiger partial charge in [-0.3, -0.25) is 9.59 Å². The predicted octanol–water partition coefficient (Wildman–Crippen LogP) is 0.679. The summed E-state index contributed by atoms with van der Waals surface area (Å²) in [6, 6.07) is 0.238. The molecule has 0 aromatic heterocycles. The van der Waals surface area contributed by atoms with E-state index in [-0.39, 0.29) is 36.8 Å². The molecule has 6 heteroatoms. The van der Waals surface area contributed by atoms with E-state index in [4.69, 9.17) is 0 Å². The zero-order chi connectivity index (χ0) is 12.8. The minimum absolute atomic E-state index is 0. The third kappa shape index (κ3) is 5.37. The van der Waals surface area contributed by atoms with Crippen LogP contribution in [-0.2, 0) is 9.59 Å². The number of rotatable bonds is 3. The standard InChI is InChI=1S/C13H23N3O2.ClH/c17-12(15-11-6-7-14-9-11)10-16-8-4-2-1-3-5-13(16)18;/h11,14H,1-10H2,(H,15,17);1H. The summed E-state index contributed by atoms with van der Waals surface area (Å²) >= 11 is 0. The molecule has 0 aliphatic carbocycles. The van der Waals surface area contributed by atoms with Crippen molar-refractivity contribution >= 4 is 24.2 Å². The lowest BCUT2D eigenvalue weighted by Crippen LogP contribution is -2.45. The topological polar surface area (TPSA) is 61.4 Å². The Morgan fingerprint density at radius 3 is 2.84 bits per heavy atom. The first-order valence-electron chi connectivity index (χ1n) is 7.03. The Balaban J connectivity index is 0.00000180. The van der Waals surface area contributed by atoms with Crippen molar-refractivity contribution in [1.82, 2.24) is 15.5 Å². The molecule has 19 heavy (non-hydrogen) atoms. The lowest BCUT2D eigenvalue weighted by atomic mass is 10.1. The van der Waals surface area contributed by atoms with E-state index in [1.807, 2.05) is 0 Å². The van der Waals surface area contributed by atoms with Gasteiger partial charge in [-0.25, -0.2) is 0 Å². The number of hydrogen-bond acceptors (Lipinski definition) is 3. The fraction of sp³-hybridized carbons (Fsp3) is 0.846. The molecule has 2 rings (SSSR count). The van der Waals surface area contributed by atoms with Gasteiger partial charge in [-0.05, 0) is 25.8 Å². The molecular formula is C13H24ClN3O2. The highest BCUT2D eigenvalue weighted by Gasteiger charge is 2.21. The van der Waals surface area contributed by atoms with Gasteiger partial charge in [-0.1, -0.05) is 12.8 Å². The maximum Gasteiger partial charge on any atom is 0.239 e. The van der Waals surface area contributed by atoms with Crippen molar-refractivity contribution in [1.29, 1.82) is 0 Å². The second kappa shape index (κ2) is 8.38. The van der Waals surface area contributed by atoms with Crippen LogP contribution >= 0.6 is 12.4 Å². The highest BCUT2D eigenvalue weighted by atomic mass is 35.5. The average molecular weight is 290 g/mol. The molecule has 2 aliphatic rings. The zero-order valence-corrected chi connectivity index (χ0v) is 12.1. The zero-order valence-electron chi connectivity index (χ0n) is 11.3. The van der Waals surface area contributed by atoms with Gasteiger partial charge in [-0.15, -0.1) is 12.4 Å². The van der Waals surface area contributed by atoms with Crippen LogP contribution in [0, 0.1) is 0 Å². The Hall–Kier alpha value is -0.810. The van der Waals surface area contributed by atoms with E-state index in [9.17, 15) is 9.59 Å². The lowest BCUT2D eigenvalue weighted by molar-refractivity contribution is -0.136. The smallest absolute Gasteiger partial charge is 0.239 e. The van der Waals surface area contributed by atoms with Crippen molar-refractivity contribution in [3.05, 3.63) is 0 Å². The van der Waals surface area contributed by atoms with Gasteiger partial charge in [0.15, 0.2) is 0 Å². The summed E-state index contributed by atoms with van der Waals surface area (Å²) in [4.78, 5) is 25.5. The molecule has 0 aromatic carbocycles. The average Bonchev–Trinajstić information content (AvgIpc) is 2.81. The minimum Gasteiger partial charge on any atom is -0.351 e. The molecule has 0 aromatic rings. The van der Waals surface area contributed by atoms with Crippen molar-refractivity contribution in [2.75, 3.05) is 26.2 Å². The number of carbonyl (C=O) groups excluding carboxylic acids is 2. The number of likely N-dealkylation sites (tertiary alicyclic amines) is 1. The monoisotopic (exact) mass is 289 g/mol. The summed E-state index contributed by atoms with van der Waals surface area (Å²) in [5.74, 6) is 0.118. The van der Waals surface area contributed by atoms with Gasteiger partial charge in [-0.2, -0.15) is 0 Å². The van der Waals surface area contributed by atoms with E-state index in [1.165, 1.54) is 0 Å². The number of nitrogens with zero attached hydrogens (tertiary/aromatic N) is 1. The van der Waals surface area contributed by atoms with E-state index >= 15 is 0 Å². The highest BCUT2D eigenvalue weighted by molar-refractivity contribution is 5.85. The van der Waals surface area contributed by atoms with Crippen LogP contribution in [0.1, 0.15) is 38.5 Å². The molecule has 1 unspecified atom stereocenters. The SMILES string of the molecule is Cl.O=C(CN1CCCCCCC1=O)NC1CCNC1. The van der Waals surface area contributed by atoms with Crippen molar-refractivity contribution in [2.45, 2.75) is 44.6 Å². The summed E-state index contributed by atoms with van der Waals surface area (Å²) in [6.45, 7) is 2.78.